The molecule has 4 rings (SSSR count). The van der Waals surface area contributed by atoms with Crippen molar-refractivity contribution >= 4 is 33.3 Å². The molecular formula is C29H31ClN4O3S. The third kappa shape index (κ3) is 5.99. The van der Waals surface area contributed by atoms with Crippen LogP contribution >= 0.6 is 11.6 Å². The molecule has 1 aromatic heterocycles. The van der Waals surface area contributed by atoms with Gasteiger partial charge < -0.3 is 5.32 Å². The van der Waals surface area contributed by atoms with Gasteiger partial charge in [-0.3, -0.25) is 4.79 Å². The molecule has 0 fully saturated rings. The lowest BCUT2D eigenvalue weighted by Gasteiger charge is -2.23. The van der Waals surface area contributed by atoms with E-state index in [1.807, 2.05) is 56.3 Å². The molecule has 0 aliphatic heterocycles. The average Bonchev–Trinajstić information content (AvgIpc) is 3.27. The van der Waals surface area contributed by atoms with Crippen LogP contribution in [0.3, 0.4) is 0 Å². The molecule has 38 heavy (non-hydrogen) atoms. The number of benzene rings is 3. The first-order valence-corrected chi connectivity index (χ1v) is 14.2. The second kappa shape index (κ2) is 11.5. The van der Waals surface area contributed by atoms with E-state index in [0.717, 1.165) is 11.1 Å². The molecule has 0 saturated carbocycles. The van der Waals surface area contributed by atoms with Gasteiger partial charge in [0.25, 0.3) is 0 Å². The molecule has 9 heteroatoms. The van der Waals surface area contributed by atoms with Gasteiger partial charge in [-0.25, -0.2) is 13.1 Å². The number of anilines is 1. The maximum absolute atomic E-state index is 13.7. The second-order valence-electron chi connectivity index (χ2n) is 9.28. The van der Waals surface area contributed by atoms with E-state index < -0.39 is 15.9 Å². The number of nitrogens with zero attached hydrogens (tertiary/aromatic N) is 3. The summed E-state index contributed by atoms with van der Waals surface area (Å²) in [6.45, 7) is 7.28. The first-order valence-electron chi connectivity index (χ1n) is 12.4. The monoisotopic (exact) mass is 550 g/mol. The fourth-order valence-electron chi connectivity index (χ4n) is 4.58. The molecule has 0 unspecified atom stereocenters. The molecule has 0 aliphatic carbocycles. The SMILES string of the molecule is CCCN(CC(=O)Nc1cc(-c2ccccc2)nn1-c1ccc(Cl)cc1)S(=O)(=O)c1c(C)cc(C)cc1C. The van der Waals surface area contributed by atoms with Gasteiger partial charge in [-0.1, -0.05) is 66.6 Å². The maximum atomic E-state index is 13.7. The number of hydrogen-bond acceptors (Lipinski definition) is 4. The van der Waals surface area contributed by atoms with Gasteiger partial charge >= 0.3 is 0 Å². The van der Waals surface area contributed by atoms with Crippen LogP contribution in [0.2, 0.25) is 5.02 Å². The highest BCUT2D eigenvalue weighted by molar-refractivity contribution is 7.89. The Morgan fingerprint density at radius 1 is 0.974 bits per heavy atom. The zero-order valence-corrected chi connectivity index (χ0v) is 23.5. The molecule has 7 nitrogen and oxygen atoms in total. The quantitative estimate of drug-likeness (QED) is 0.270. The minimum absolute atomic E-state index is 0.216. The summed E-state index contributed by atoms with van der Waals surface area (Å²) in [6.07, 6.45) is 0.567. The van der Waals surface area contributed by atoms with Crippen molar-refractivity contribution in [3.63, 3.8) is 0 Å². The number of carbonyl (C=O) groups excluding carboxylic acids is 1. The van der Waals surface area contributed by atoms with E-state index in [9.17, 15) is 13.2 Å². The zero-order chi connectivity index (χ0) is 27.4. The smallest absolute Gasteiger partial charge is 0.244 e. The van der Waals surface area contributed by atoms with Crippen molar-refractivity contribution in [1.29, 1.82) is 0 Å². The van der Waals surface area contributed by atoms with Crippen molar-refractivity contribution in [3.05, 3.63) is 94.5 Å². The highest BCUT2D eigenvalue weighted by Gasteiger charge is 2.29. The summed E-state index contributed by atoms with van der Waals surface area (Å²) in [5, 5.41) is 8.17. The van der Waals surface area contributed by atoms with Crippen molar-refractivity contribution in [3.8, 4) is 16.9 Å². The van der Waals surface area contributed by atoms with Crippen LogP contribution in [-0.4, -0.2) is 41.5 Å². The summed E-state index contributed by atoms with van der Waals surface area (Å²) < 4.78 is 30.2. The van der Waals surface area contributed by atoms with Gasteiger partial charge in [0, 0.05) is 23.2 Å². The van der Waals surface area contributed by atoms with E-state index in [4.69, 9.17) is 16.7 Å². The molecule has 0 aliphatic rings. The van der Waals surface area contributed by atoms with Gasteiger partial charge in [-0.15, -0.1) is 0 Å². The third-order valence-corrected chi connectivity index (χ3v) is 8.52. The molecule has 1 heterocycles. The van der Waals surface area contributed by atoms with Crippen LogP contribution in [0.1, 0.15) is 30.0 Å². The number of rotatable bonds is 9. The van der Waals surface area contributed by atoms with Crippen molar-refractivity contribution in [2.75, 3.05) is 18.4 Å². The highest BCUT2D eigenvalue weighted by Crippen LogP contribution is 2.27. The molecule has 0 radical (unpaired) electrons. The Morgan fingerprint density at radius 3 is 2.21 bits per heavy atom. The van der Waals surface area contributed by atoms with Crippen LogP contribution in [0.15, 0.2) is 77.7 Å². The molecule has 0 bridgehead atoms. The van der Waals surface area contributed by atoms with E-state index in [1.54, 1.807) is 48.9 Å². The van der Waals surface area contributed by atoms with Gasteiger partial charge in [-0.2, -0.15) is 9.40 Å². The van der Waals surface area contributed by atoms with Crippen LogP contribution < -0.4 is 5.32 Å². The average molecular weight is 551 g/mol. The van der Waals surface area contributed by atoms with E-state index in [1.165, 1.54) is 4.31 Å². The summed E-state index contributed by atoms with van der Waals surface area (Å²) in [4.78, 5) is 13.6. The first-order chi connectivity index (χ1) is 18.1. The van der Waals surface area contributed by atoms with Crippen LogP contribution in [0.4, 0.5) is 5.82 Å². The summed E-state index contributed by atoms with van der Waals surface area (Å²) in [5.41, 5.74) is 4.57. The number of carbonyl (C=O) groups is 1. The molecule has 198 valence electrons. The lowest BCUT2D eigenvalue weighted by atomic mass is 10.1. The van der Waals surface area contributed by atoms with Crippen molar-refractivity contribution in [2.24, 2.45) is 0 Å². The highest BCUT2D eigenvalue weighted by atomic mass is 35.5. The number of sulfonamides is 1. The summed E-state index contributed by atoms with van der Waals surface area (Å²) in [6, 6.07) is 22.2. The predicted molar refractivity (Wildman–Crippen MR) is 152 cm³/mol. The largest absolute Gasteiger partial charge is 0.309 e. The van der Waals surface area contributed by atoms with E-state index in [2.05, 4.69) is 5.32 Å². The molecule has 0 spiro atoms. The fraction of sp³-hybridized carbons (Fsp3) is 0.241. The van der Waals surface area contributed by atoms with Crippen LogP contribution in [0.5, 0.6) is 0 Å². The van der Waals surface area contributed by atoms with E-state index in [-0.39, 0.29) is 18.0 Å². The van der Waals surface area contributed by atoms with Gasteiger partial charge in [0.05, 0.1) is 22.8 Å². The Kier molecular flexibility index (Phi) is 8.35. The van der Waals surface area contributed by atoms with Crippen LogP contribution in [0, 0.1) is 20.8 Å². The Labute approximate surface area is 229 Å². The van der Waals surface area contributed by atoms with Crippen molar-refractivity contribution in [2.45, 2.75) is 39.0 Å². The normalized spacial score (nSPS) is 11.6. The first kappa shape index (κ1) is 27.6. The standard InChI is InChI=1S/C29H31ClN4O3S/c1-5-15-33(38(36,37)29-21(3)16-20(2)17-22(29)4)19-28(35)31-27-18-26(23-9-7-6-8-10-23)32-34(27)25-13-11-24(30)12-14-25/h6-14,16-18H,5,15,19H2,1-4H3,(H,31,35). The zero-order valence-electron chi connectivity index (χ0n) is 21.9. The fourth-order valence-corrected chi connectivity index (χ4v) is 6.60. The Balaban J connectivity index is 1.66. The number of aromatic nitrogens is 2. The Morgan fingerprint density at radius 2 is 1.61 bits per heavy atom. The number of hydrogen-bond donors (Lipinski definition) is 1. The van der Waals surface area contributed by atoms with Gasteiger partial charge in [0.1, 0.15) is 5.82 Å². The maximum Gasteiger partial charge on any atom is 0.244 e. The molecule has 4 aromatic rings. The van der Waals surface area contributed by atoms with E-state index in [0.29, 0.717) is 39.8 Å². The van der Waals surface area contributed by atoms with Gasteiger partial charge in [0.2, 0.25) is 15.9 Å². The number of nitrogens with one attached hydrogen (secondary N) is 1. The topological polar surface area (TPSA) is 84.3 Å². The minimum atomic E-state index is -3.90. The number of aryl methyl sites for hydroxylation is 3. The minimum Gasteiger partial charge on any atom is -0.309 e. The summed E-state index contributed by atoms with van der Waals surface area (Å²) >= 11 is 6.07. The Bertz CT molecular complexity index is 1530. The second-order valence-corrected chi connectivity index (χ2v) is 11.6. The molecule has 1 N–H and O–H groups in total. The molecule has 0 atom stereocenters. The lowest BCUT2D eigenvalue weighted by Crippen LogP contribution is -2.39. The van der Waals surface area contributed by atoms with E-state index >= 15 is 0 Å². The molecule has 3 aromatic carbocycles. The third-order valence-electron chi connectivity index (χ3n) is 6.11. The Hall–Kier alpha value is -3.46. The van der Waals surface area contributed by atoms with Crippen molar-refractivity contribution in [1.82, 2.24) is 14.1 Å². The lowest BCUT2D eigenvalue weighted by molar-refractivity contribution is -0.116. The van der Waals surface area contributed by atoms with Crippen molar-refractivity contribution < 1.29 is 13.2 Å². The van der Waals surface area contributed by atoms with Crippen LogP contribution in [0.25, 0.3) is 16.9 Å². The summed E-state index contributed by atoms with van der Waals surface area (Å²) in [7, 11) is -3.90. The molecule has 0 saturated heterocycles. The summed E-state index contributed by atoms with van der Waals surface area (Å²) in [5.74, 6) is -0.0353. The predicted octanol–water partition coefficient (Wildman–Crippen LogP) is 6.16. The van der Waals surface area contributed by atoms with Crippen LogP contribution in [-0.2, 0) is 14.8 Å². The number of amides is 1. The van der Waals surface area contributed by atoms with Gasteiger partial charge in [-0.05, 0) is 62.6 Å². The molecule has 1 amide bonds. The number of halogens is 1. The molecular weight excluding hydrogens is 520 g/mol. The van der Waals surface area contributed by atoms with Gasteiger partial charge in [0.15, 0.2) is 0 Å².